The largest absolute Gasteiger partial charge is 0.493 e. The first-order valence-electron chi connectivity index (χ1n) is 13.0. The lowest BCUT2D eigenvalue weighted by atomic mass is 9.77. The molecular formula is C33H28BrClN2O2. The Kier molecular flexibility index (Phi) is 7.45. The average molecular weight is 600 g/mol. The molecule has 0 amide bonds. The lowest BCUT2D eigenvalue weighted by molar-refractivity contribution is 0.282. The average Bonchev–Trinajstić information content (AvgIpc) is 3.46. The van der Waals surface area contributed by atoms with E-state index in [1.807, 2.05) is 42.6 Å². The molecule has 0 radical (unpaired) electrons. The zero-order valence-electron chi connectivity index (χ0n) is 21.5. The predicted octanol–water partition coefficient (Wildman–Crippen LogP) is 9.27. The number of nitrogens with one attached hydrogen (secondary N) is 1. The Hall–Kier alpha value is -3.54. The molecule has 0 aromatic heterocycles. The van der Waals surface area contributed by atoms with Crippen LogP contribution in [0.1, 0.15) is 40.6 Å². The minimum absolute atomic E-state index is 0.276. The summed E-state index contributed by atoms with van der Waals surface area (Å²) >= 11 is 9.74. The Morgan fingerprint density at radius 2 is 1.87 bits per heavy atom. The van der Waals surface area contributed by atoms with Crippen molar-refractivity contribution in [3.8, 4) is 11.5 Å². The number of anilines is 1. The van der Waals surface area contributed by atoms with Crippen LogP contribution in [0, 0.1) is 5.92 Å². The van der Waals surface area contributed by atoms with Crippen molar-refractivity contribution in [3.05, 3.63) is 129 Å². The first kappa shape index (κ1) is 25.7. The number of para-hydroxylation sites is 1. The molecule has 1 N–H and O–H groups in total. The second-order valence-corrected chi connectivity index (χ2v) is 11.2. The van der Waals surface area contributed by atoms with Gasteiger partial charge >= 0.3 is 0 Å². The third kappa shape index (κ3) is 5.47. The second kappa shape index (κ2) is 11.3. The molecule has 0 spiro atoms. The molecule has 196 valence electrons. The van der Waals surface area contributed by atoms with Crippen molar-refractivity contribution in [2.45, 2.75) is 25.0 Å². The zero-order chi connectivity index (χ0) is 26.8. The van der Waals surface area contributed by atoms with Crippen LogP contribution in [0.2, 0.25) is 5.02 Å². The Bertz CT molecular complexity index is 1550. The van der Waals surface area contributed by atoms with E-state index in [-0.39, 0.29) is 6.04 Å². The van der Waals surface area contributed by atoms with Gasteiger partial charge in [0.25, 0.3) is 0 Å². The van der Waals surface area contributed by atoms with Crippen LogP contribution in [-0.2, 0) is 6.61 Å². The third-order valence-corrected chi connectivity index (χ3v) is 8.24. The van der Waals surface area contributed by atoms with Crippen LogP contribution in [0.4, 0.5) is 11.4 Å². The van der Waals surface area contributed by atoms with Gasteiger partial charge in [-0.2, -0.15) is 0 Å². The van der Waals surface area contributed by atoms with Gasteiger partial charge in [-0.1, -0.05) is 66.2 Å². The number of halogens is 2. The zero-order valence-corrected chi connectivity index (χ0v) is 23.8. The Labute approximate surface area is 242 Å². The van der Waals surface area contributed by atoms with Gasteiger partial charge < -0.3 is 14.8 Å². The van der Waals surface area contributed by atoms with Crippen molar-refractivity contribution in [2.75, 3.05) is 12.4 Å². The predicted molar refractivity (Wildman–Crippen MR) is 163 cm³/mol. The van der Waals surface area contributed by atoms with Crippen molar-refractivity contribution in [2.24, 2.45) is 10.9 Å². The highest BCUT2D eigenvalue weighted by molar-refractivity contribution is 9.10. The lowest BCUT2D eigenvalue weighted by Crippen LogP contribution is -2.28. The maximum atomic E-state index is 6.10. The van der Waals surface area contributed by atoms with Crippen molar-refractivity contribution < 1.29 is 9.47 Å². The number of hydrogen-bond donors (Lipinski definition) is 1. The molecular weight excluding hydrogens is 572 g/mol. The summed E-state index contributed by atoms with van der Waals surface area (Å²) in [6.45, 7) is 0.383. The van der Waals surface area contributed by atoms with Gasteiger partial charge in [-0.05, 0) is 93.0 Å². The number of allylic oxidation sites excluding steroid dienone is 2. The monoisotopic (exact) mass is 598 g/mol. The molecule has 4 aromatic rings. The second-order valence-electron chi connectivity index (χ2n) is 9.87. The molecule has 1 aliphatic heterocycles. The van der Waals surface area contributed by atoms with Gasteiger partial charge in [0.15, 0.2) is 11.5 Å². The van der Waals surface area contributed by atoms with E-state index in [4.69, 9.17) is 26.1 Å². The molecule has 0 unspecified atom stereocenters. The van der Waals surface area contributed by atoms with Crippen LogP contribution in [0.3, 0.4) is 0 Å². The molecule has 0 saturated carbocycles. The smallest absolute Gasteiger partial charge is 0.175 e. The molecule has 2 aliphatic rings. The first-order chi connectivity index (χ1) is 19.1. The van der Waals surface area contributed by atoms with E-state index in [0.29, 0.717) is 35.0 Å². The van der Waals surface area contributed by atoms with Gasteiger partial charge in [0.05, 0.1) is 23.3 Å². The van der Waals surface area contributed by atoms with Gasteiger partial charge in [0.2, 0.25) is 0 Å². The van der Waals surface area contributed by atoms with Crippen LogP contribution >= 0.6 is 27.5 Å². The normalized spacial score (nSPS) is 19.4. The SMILES string of the molecule is COc1cc(C=Nc2ccc([C@@H]3Nc4ccccc4[C@@H]4C=CC[C@@H]43)cc2)cc(Br)c1OCc1cccc(Cl)c1. The highest BCUT2D eigenvalue weighted by Gasteiger charge is 2.37. The highest BCUT2D eigenvalue weighted by Crippen LogP contribution is 2.49. The van der Waals surface area contributed by atoms with Crippen molar-refractivity contribution in [3.63, 3.8) is 0 Å². The first-order valence-corrected chi connectivity index (χ1v) is 14.2. The quantitative estimate of drug-likeness (QED) is 0.170. The van der Waals surface area contributed by atoms with E-state index >= 15 is 0 Å². The molecule has 0 fully saturated rings. The molecule has 1 heterocycles. The number of fused-ring (bicyclic) bond motifs is 3. The Morgan fingerprint density at radius 3 is 2.69 bits per heavy atom. The summed E-state index contributed by atoms with van der Waals surface area (Å²) in [5.41, 5.74) is 6.70. The summed E-state index contributed by atoms with van der Waals surface area (Å²) in [6, 6.07) is 29.0. The van der Waals surface area contributed by atoms with Crippen LogP contribution in [0.5, 0.6) is 11.5 Å². The van der Waals surface area contributed by atoms with Crippen LogP contribution in [-0.4, -0.2) is 13.3 Å². The Balaban J connectivity index is 1.17. The van der Waals surface area contributed by atoms with Crippen LogP contribution in [0.15, 0.2) is 107 Å². The maximum Gasteiger partial charge on any atom is 0.175 e. The number of rotatable bonds is 7. The van der Waals surface area contributed by atoms with E-state index in [0.717, 1.165) is 27.7 Å². The Morgan fingerprint density at radius 1 is 1.03 bits per heavy atom. The summed E-state index contributed by atoms with van der Waals surface area (Å²) in [4.78, 5) is 4.72. The van der Waals surface area contributed by atoms with Gasteiger partial charge in [-0.25, -0.2) is 0 Å². The summed E-state index contributed by atoms with van der Waals surface area (Å²) in [5.74, 6) is 2.27. The number of benzene rings is 4. The summed E-state index contributed by atoms with van der Waals surface area (Å²) in [5, 5.41) is 4.48. The maximum absolute atomic E-state index is 6.10. The molecule has 3 atom stereocenters. The third-order valence-electron chi connectivity index (χ3n) is 7.41. The molecule has 0 bridgehead atoms. The minimum atomic E-state index is 0.276. The number of aliphatic imine (C=N–C) groups is 1. The van der Waals surface area contributed by atoms with Gasteiger partial charge in [0.1, 0.15) is 6.61 Å². The van der Waals surface area contributed by atoms with Gasteiger partial charge in [0, 0.05) is 22.8 Å². The number of ether oxygens (including phenoxy) is 2. The fourth-order valence-electron chi connectivity index (χ4n) is 5.53. The molecule has 6 rings (SSSR count). The number of hydrogen-bond acceptors (Lipinski definition) is 4. The molecule has 4 aromatic carbocycles. The van der Waals surface area contributed by atoms with Crippen LogP contribution in [0.25, 0.3) is 0 Å². The van der Waals surface area contributed by atoms with Crippen molar-refractivity contribution in [1.82, 2.24) is 0 Å². The van der Waals surface area contributed by atoms with Crippen molar-refractivity contribution >= 4 is 45.1 Å². The highest BCUT2D eigenvalue weighted by atomic mass is 79.9. The van der Waals surface area contributed by atoms with E-state index < -0.39 is 0 Å². The molecule has 1 aliphatic carbocycles. The van der Waals surface area contributed by atoms with E-state index in [1.54, 1.807) is 7.11 Å². The summed E-state index contributed by atoms with van der Waals surface area (Å²) in [6.07, 6.45) is 7.63. The summed E-state index contributed by atoms with van der Waals surface area (Å²) < 4.78 is 12.5. The molecule has 39 heavy (non-hydrogen) atoms. The van der Waals surface area contributed by atoms with Crippen molar-refractivity contribution in [1.29, 1.82) is 0 Å². The minimum Gasteiger partial charge on any atom is -0.493 e. The number of nitrogens with zero attached hydrogens (tertiary/aromatic N) is 1. The van der Waals surface area contributed by atoms with E-state index in [9.17, 15) is 0 Å². The van der Waals surface area contributed by atoms with Gasteiger partial charge in [-0.15, -0.1) is 0 Å². The fourth-order valence-corrected chi connectivity index (χ4v) is 6.31. The van der Waals surface area contributed by atoms with E-state index in [1.165, 1.54) is 16.8 Å². The molecule has 6 heteroatoms. The fraction of sp³-hybridized carbons (Fsp3) is 0.182. The molecule has 0 saturated heterocycles. The number of methoxy groups -OCH3 is 1. The van der Waals surface area contributed by atoms with Crippen LogP contribution < -0.4 is 14.8 Å². The van der Waals surface area contributed by atoms with E-state index in [2.05, 4.69) is 81.9 Å². The summed E-state index contributed by atoms with van der Waals surface area (Å²) in [7, 11) is 1.63. The lowest BCUT2D eigenvalue weighted by Gasteiger charge is -2.37. The molecule has 4 nitrogen and oxygen atoms in total. The topological polar surface area (TPSA) is 42.8 Å². The standard InChI is InChI=1S/C33H28BrClN2O2/c1-38-31-18-22(17-29(34)33(31)39-20-21-6-4-7-24(35)16-21)19-36-25-14-12-23(13-15-25)32-28-10-5-9-26(28)27-8-2-3-11-30(27)37-32/h2-9,11-19,26,28,32,37H,10,20H2,1H3/t26-,28-,32-/m0/s1. The van der Waals surface area contributed by atoms with Gasteiger partial charge in [-0.3, -0.25) is 4.99 Å².